The van der Waals surface area contributed by atoms with Crippen LogP contribution in [0.5, 0.6) is 0 Å². The van der Waals surface area contributed by atoms with E-state index in [9.17, 15) is 9.59 Å². The summed E-state index contributed by atoms with van der Waals surface area (Å²) in [6, 6.07) is 15.3. The zero-order valence-electron chi connectivity index (χ0n) is 19.4. The van der Waals surface area contributed by atoms with Crippen molar-refractivity contribution in [2.45, 2.75) is 64.8 Å². The van der Waals surface area contributed by atoms with Gasteiger partial charge in [-0.1, -0.05) is 69.4 Å². The first-order valence-electron chi connectivity index (χ1n) is 11.4. The summed E-state index contributed by atoms with van der Waals surface area (Å²) in [5, 5.41) is 6.02. The van der Waals surface area contributed by atoms with Crippen LogP contribution in [0.25, 0.3) is 0 Å². The second-order valence-corrected chi connectivity index (χ2v) is 8.30. The third-order valence-electron chi connectivity index (χ3n) is 5.41. The van der Waals surface area contributed by atoms with E-state index in [1.54, 1.807) is 6.07 Å². The van der Waals surface area contributed by atoms with Crippen LogP contribution in [-0.2, 0) is 4.79 Å². The molecule has 0 heterocycles. The van der Waals surface area contributed by atoms with Gasteiger partial charge in [0, 0.05) is 31.9 Å². The van der Waals surface area contributed by atoms with E-state index in [0.717, 1.165) is 24.1 Å². The van der Waals surface area contributed by atoms with E-state index in [2.05, 4.69) is 17.6 Å². The van der Waals surface area contributed by atoms with E-state index in [1.807, 2.05) is 68.4 Å². The van der Waals surface area contributed by atoms with Crippen LogP contribution in [-0.4, -0.2) is 25.9 Å². The molecule has 168 valence electrons. The molecular formula is C26H37N3O2. The molecule has 0 fully saturated rings. The lowest BCUT2D eigenvalue weighted by molar-refractivity contribution is -0.116. The predicted octanol–water partition coefficient (Wildman–Crippen LogP) is 5.93. The summed E-state index contributed by atoms with van der Waals surface area (Å²) >= 11 is 0. The zero-order valence-corrected chi connectivity index (χ0v) is 19.4. The van der Waals surface area contributed by atoms with Crippen molar-refractivity contribution in [1.82, 2.24) is 5.32 Å². The molecule has 31 heavy (non-hydrogen) atoms. The summed E-state index contributed by atoms with van der Waals surface area (Å²) in [5.74, 6) is -0.163. The van der Waals surface area contributed by atoms with E-state index in [1.165, 1.54) is 25.7 Å². The number of rotatable bonds is 12. The van der Waals surface area contributed by atoms with Crippen LogP contribution in [0.15, 0.2) is 48.5 Å². The van der Waals surface area contributed by atoms with Gasteiger partial charge in [0.1, 0.15) is 0 Å². The summed E-state index contributed by atoms with van der Waals surface area (Å²) in [5.41, 5.74) is 3.06. The number of anilines is 2. The fourth-order valence-corrected chi connectivity index (χ4v) is 3.57. The van der Waals surface area contributed by atoms with Crippen LogP contribution in [0.2, 0.25) is 0 Å². The SMILES string of the molecule is CCCCCCCCC(=O)Nc1ccc(N(C)C)c(C(=O)NC(C)c2ccccc2)c1. The van der Waals surface area contributed by atoms with E-state index in [0.29, 0.717) is 17.7 Å². The summed E-state index contributed by atoms with van der Waals surface area (Å²) in [6.07, 6.45) is 7.40. The molecule has 1 unspecified atom stereocenters. The summed E-state index contributed by atoms with van der Waals surface area (Å²) in [6.45, 7) is 4.17. The molecular weight excluding hydrogens is 386 g/mol. The lowest BCUT2D eigenvalue weighted by Crippen LogP contribution is -2.28. The van der Waals surface area contributed by atoms with Crippen LogP contribution in [0, 0.1) is 0 Å². The average molecular weight is 424 g/mol. The molecule has 2 aromatic rings. The van der Waals surface area contributed by atoms with Gasteiger partial charge in [-0.25, -0.2) is 0 Å². The highest BCUT2D eigenvalue weighted by molar-refractivity contribution is 6.02. The molecule has 0 aliphatic heterocycles. The van der Waals surface area contributed by atoms with E-state index >= 15 is 0 Å². The largest absolute Gasteiger partial charge is 0.377 e. The molecule has 1 atom stereocenters. The molecule has 0 radical (unpaired) electrons. The van der Waals surface area contributed by atoms with Gasteiger partial charge in [-0.2, -0.15) is 0 Å². The van der Waals surface area contributed by atoms with Gasteiger partial charge in [-0.05, 0) is 37.1 Å². The Morgan fingerprint density at radius 3 is 2.29 bits per heavy atom. The normalized spacial score (nSPS) is 11.6. The van der Waals surface area contributed by atoms with Gasteiger partial charge >= 0.3 is 0 Å². The van der Waals surface area contributed by atoms with Gasteiger partial charge in [0.2, 0.25) is 5.91 Å². The third-order valence-corrected chi connectivity index (χ3v) is 5.41. The number of nitrogens with one attached hydrogen (secondary N) is 2. The fraction of sp³-hybridized carbons (Fsp3) is 0.462. The molecule has 0 saturated heterocycles. The van der Waals surface area contributed by atoms with Crippen molar-refractivity contribution in [2.75, 3.05) is 24.3 Å². The molecule has 0 aromatic heterocycles. The Bertz CT molecular complexity index is 834. The maximum Gasteiger partial charge on any atom is 0.253 e. The van der Waals surface area contributed by atoms with Crippen molar-refractivity contribution in [3.05, 3.63) is 59.7 Å². The molecule has 0 aliphatic rings. The minimum Gasteiger partial charge on any atom is -0.377 e. The van der Waals surface area contributed by atoms with Crippen molar-refractivity contribution < 1.29 is 9.59 Å². The number of carbonyl (C=O) groups is 2. The minimum atomic E-state index is -0.160. The quantitative estimate of drug-likeness (QED) is 0.416. The number of hydrogen-bond acceptors (Lipinski definition) is 3. The van der Waals surface area contributed by atoms with Gasteiger partial charge in [0.05, 0.1) is 11.6 Å². The summed E-state index contributed by atoms with van der Waals surface area (Å²) in [7, 11) is 3.81. The topological polar surface area (TPSA) is 61.4 Å². The Morgan fingerprint density at radius 2 is 1.61 bits per heavy atom. The molecule has 0 aliphatic carbocycles. The molecule has 0 spiro atoms. The maximum atomic E-state index is 13.0. The van der Waals surface area contributed by atoms with Crippen molar-refractivity contribution in [2.24, 2.45) is 0 Å². The fourth-order valence-electron chi connectivity index (χ4n) is 3.57. The van der Waals surface area contributed by atoms with Crippen LogP contribution in [0.1, 0.15) is 80.8 Å². The number of benzene rings is 2. The van der Waals surface area contributed by atoms with E-state index < -0.39 is 0 Å². The number of hydrogen-bond donors (Lipinski definition) is 2. The van der Waals surface area contributed by atoms with Gasteiger partial charge in [-0.3, -0.25) is 9.59 Å². The zero-order chi connectivity index (χ0) is 22.6. The van der Waals surface area contributed by atoms with Crippen molar-refractivity contribution in [1.29, 1.82) is 0 Å². The number of unbranched alkanes of at least 4 members (excludes halogenated alkanes) is 5. The second kappa shape index (κ2) is 12.8. The molecule has 2 aromatic carbocycles. The highest BCUT2D eigenvalue weighted by Crippen LogP contribution is 2.24. The molecule has 2 rings (SSSR count). The van der Waals surface area contributed by atoms with Crippen LogP contribution < -0.4 is 15.5 Å². The standard InChI is InChI=1S/C26H37N3O2/c1-5-6-7-8-9-13-16-25(30)28-22-17-18-24(29(3)4)23(19-22)26(31)27-20(2)21-14-11-10-12-15-21/h10-12,14-15,17-20H,5-9,13,16H2,1-4H3,(H,27,31)(H,28,30). The van der Waals surface area contributed by atoms with Crippen molar-refractivity contribution >= 4 is 23.2 Å². The first-order chi connectivity index (χ1) is 14.9. The molecule has 5 nitrogen and oxygen atoms in total. The maximum absolute atomic E-state index is 13.0. The summed E-state index contributed by atoms with van der Waals surface area (Å²) in [4.78, 5) is 27.3. The van der Waals surface area contributed by atoms with E-state index in [-0.39, 0.29) is 17.9 Å². The minimum absolute atomic E-state index is 0.00268. The average Bonchev–Trinajstić information content (AvgIpc) is 2.76. The Labute approximate surface area is 187 Å². The van der Waals surface area contributed by atoms with Crippen LogP contribution in [0.4, 0.5) is 11.4 Å². The second-order valence-electron chi connectivity index (χ2n) is 8.30. The smallest absolute Gasteiger partial charge is 0.253 e. The van der Waals surface area contributed by atoms with Crippen LogP contribution in [0.3, 0.4) is 0 Å². The lowest BCUT2D eigenvalue weighted by Gasteiger charge is -2.20. The third kappa shape index (κ3) is 8.08. The van der Waals surface area contributed by atoms with Crippen LogP contribution >= 0.6 is 0 Å². The molecule has 2 N–H and O–H groups in total. The lowest BCUT2D eigenvalue weighted by atomic mass is 10.1. The Hall–Kier alpha value is -2.82. The molecule has 0 bridgehead atoms. The van der Waals surface area contributed by atoms with Gasteiger partial charge in [-0.15, -0.1) is 0 Å². The molecule has 5 heteroatoms. The Balaban J connectivity index is 2.01. The highest BCUT2D eigenvalue weighted by Gasteiger charge is 2.17. The molecule has 2 amide bonds. The molecule has 0 saturated carbocycles. The van der Waals surface area contributed by atoms with Gasteiger partial charge in [0.15, 0.2) is 0 Å². The number of amides is 2. The Kier molecular flexibility index (Phi) is 10.1. The Morgan fingerprint density at radius 1 is 0.935 bits per heavy atom. The monoisotopic (exact) mass is 423 g/mol. The number of carbonyl (C=O) groups excluding carboxylic acids is 2. The van der Waals surface area contributed by atoms with Crippen molar-refractivity contribution in [3.63, 3.8) is 0 Å². The van der Waals surface area contributed by atoms with Gasteiger partial charge < -0.3 is 15.5 Å². The van der Waals surface area contributed by atoms with Gasteiger partial charge in [0.25, 0.3) is 5.91 Å². The number of nitrogens with zero attached hydrogens (tertiary/aromatic N) is 1. The van der Waals surface area contributed by atoms with Crippen molar-refractivity contribution in [3.8, 4) is 0 Å². The highest BCUT2D eigenvalue weighted by atomic mass is 16.2. The first-order valence-corrected chi connectivity index (χ1v) is 11.4. The first kappa shape index (κ1) is 24.4. The predicted molar refractivity (Wildman–Crippen MR) is 130 cm³/mol. The van der Waals surface area contributed by atoms with E-state index in [4.69, 9.17) is 0 Å². The summed E-state index contributed by atoms with van der Waals surface area (Å²) < 4.78 is 0.